The third-order valence-electron chi connectivity index (χ3n) is 3.76. The van der Waals surface area contributed by atoms with Crippen LogP contribution in [0.1, 0.15) is 31.7 Å². The summed E-state index contributed by atoms with van der Waals surface area (Å²) in [5, 5.41) is 13.7. The molecule has 0 bridgehead atoms. The average molecular weight is 283 g/mol. The van der Waals surface area contributed by atoms with E-state index in [1.165, 1.54) is 18.4 Å². The van der Waals surface area contributed by atoms with Crippen LogP contribution < -0.4 is 10.2 Å². The topological polar surface area (TPSA) is 35.5 Å². The Kier molecular flexibility index (Phi) is 5.49. The first-order chi connectivity index (χ1) is 9.27. The van der Waals surface area contributed by atoms with Crippen LogP contribution >= 0.6 is 11.6 Å². The molecule has 0 amide bonds. The Bertz CT molecular complexity index is 411. The van der Waals surface area contributed by atoms with E-state index in [9.17, 15) is 5.11 Å². The van der Waals surface area contributed by atoms with Gasteiger partial charge in [-0.15, -0.1) is 0 Å². The van der Waals surface area contributed by atoms with Gasteiger partial charge in [-0.05, 0) is 37.4 Å². The lowest BCUT2D eigenvalue weighted by molar-refractivity contribution is 0.240. The van der Waals surface area contributed by atoms with Crippen LogP contribution in [0.4, 0.5) is 5.69 Å². The second-order valence-electron chi connectivity index (χ2n) is 5.05. The largest absolute Gasteiger partial charge is 0.394 e. The summed E-state index contributed by atoms with van der Waals surface area (Å²) in [5.74, 6) is 0. The van der Waals surface area contributed by atoms with Gasteiger partial charge in [-0.2, -0.15) is 0 Å². The van der Waals surface area contributed by atoms with Crippen LogP contribution in [0.25, 0.3) is 0 Å². The molecule has 1 atom stereocenters. The van der Waals surface area contributed by atoms with Crippen LogP contribution in [-0.4, -0.2) is 30.8 Å². The highest BCUT2D eigenvalue weighted by molar-refractivity contribution is 6.33. The number of piperidine rings is 1. The number of aliphatic hydroxyl groups excluding tert-OH is 1. The Hall–Kier alpha value is -0.770. The van der Waals surface area contributed by atoms with Crippen LogP contribution in [-0.2, 0) is 6.54 Å². The second-order valence-corrected chi connectivity index (χ2v) is 5.46. The number of nitrogens with one attached hydrogen (secondary N) is 1. The molecule has 2 rings (SSSR count). The fourth-order valence-electron chi connectivity index (χ4n) is 2.77. The molecule has 1 aliphatic rings. The molecule has 106 valence electrons. The normalized spacial score (nSPS) is 19.7. The minimum Gasteiger partial charge on any atom is -0.394 e. The number of hydrogen-bond donors (Lipinski definition) is 2. The van der Waals surface area contributed by atoms with Gasteiger partial charge >= 0.3 is 0 Å². The molecule has 2 N–H and O–H groups in total. The lowest BCUT2D eigenvalue weighted by atomic mass is 10.00. The molecule has 3 nitrogen and oxygen atoms in total. The number of anilines is 1. The zero-order valence-electron chi connectivity index (χ0n) is 11.5. The number of hydrogen-bond acceptors (Lipinski definition) is 3. The number of aliphatic hydroxyl groups is 1. The van der Waals surface area contributed by atoms with Crippen molar-refractivity contribution in [1.82, 2.24) is 5.32 Å². The van der Waals surface area contributed by atoms with Gasteiger partial charge in [0.05, 0.1) is 23.4 Å². The first-order valence-corrected chi connectivity index (χ1v) is 7.51. The minimum absolute atomic E-state index is 0.200. The van der Waals surface area contributed by atoms with Gasteiger partial charge in [0.1, 0.15) is 0 Å². The predicted molar refractivity (Wildman–Crippen MR) is 80.9 cm³/mol. The molecule has 0 aromatic heterocycles. The van der Waals surface area contributed by atoms with Crippen molar-refractivity contribution in [3.05, 3.63) is 28.8 Å². The van der Waals surface area contributed by atoms with Crippen molar-refractivity contribution in [2.75, 3.05) is 24.6 Å². The van der Waals surface area contributed by atoms with Crippen LogP contribution in [0, 0.1) is 0 Å². The van der Waals surface area contributed by atoms with E-state index in [0.717, 1.165) is 36.8 Å². The highest BCUT2D eigenvalue weighted by atomic mass is 35.5. The lowest BCUT2D eigenvalue weighted by Gasteiger charge is -2.38. The number of nitrogens with zero attached hydrogens (tertiary/aromatic N) is 1. The number of para-hydroxylation sites is 1. The quantitative estimate of drug-likeness (QED) is 0.872. The average Bonchev–Trinajstić information content (AvgIpc) is 2.45. The molecule has 1 saturated heterocycles. The van der Waals surface area contributed by atoms with Gasteiger partial charge in [-0.1, -0.05) is 30.7 Å². The van der Waals surface area contributed by atoms with Crippen molar-refractivity contribution >= 4 is 17.3 Å². The zero-order valence-corrected chi connectivity index (χ0v) is 12.3. The van der Waals surface area contributed by atoms with Crippen molar-refractivity contribution in [2.24, 2.45) is 0 Å². The maximum absolute atomic E-state index is 9.58. The minimum atomic E-state index is 0.200. The SMILES string of the molecule is CCNCc1cccc(Cl)c1N1CCCCC1CO. The molecule has 19 heavy (non-hydrogen) atoms. The maximum Gasteiger partial charge on any atom is 0.0643 e. The fourth-order valence-corrected chi connectivity index (χ4v) is 3.07. The Balaban J connectivity index is 2.30. The third kappa shape index (κ3) is 3.41. The van der Waals surface area contributed by atoms with Crippen LogP contribution in [0.15, 0.2) is 18.2 Å². The molecule has 4 heteroatoms. The molecule has 1 aliphatic heterocycles. The summed E-state index contributed by atoms with van der Waals surface area (Å²) < 4.78 is 0. The summed E-state index contributed by atoms with van der Waals surface area (Å²) in [5.41, 5.74) is 2.32. The first kappa shape index (κ1) is 14.6. The Morgan fingerprint density at radius 3 is 3.00 bits per heavy atom. The standard InChI is InChI=1S/C15H23ClN2O/c1-2-17-10-12-6-5-8-14(16)15(12)18-9-4-3-7-13(18)11-19/h5-6,8,13,17,19H,2-4,7,9-11H2,1H3. The summed E-state index contributed by atoms with van der Waals surface area (Å²) >= 11 is 6.41. The molecule has 1 fully saturated rings. The maximum atomic E-state index is 9.58. The Labute approximate surface area is 120 Å². The summed E-state index contributed by atoms with van der Waals surface area (Å²) in [6.07, 6.45) is 3.40. The molecule has 0 radical (unpaired) electrons. The van der Waals surface area contributed by atoms with E-state index in [1.54, 1.807) is 0 Å². The molecule has 1 aromatic rings. The zero-order chi connectivity index (χ0) is 13.7. The van der Waals surface area contributed by atoms with Crippen molar-refractivity contribution in [1.29, 1.82) is 0 Å². The van der Waals surface area contributed by atoms with Gasteiger partial charge in [0.25, 0.3) is 0 Å². The van der Waals surface area contributed by atoms with Gasteiger partial charge in [-0.3, -0.25) is 0 Å². The number of halogens is 1. The van der Waals surface area contributed by atoms with E-state index in [1.807, 2.05) is 12.1 Å². The van der Waals surface area contributed by atoms with Crippen LogP contribution in [0.5, 0.6) is 0 Å². The second kappa shape index (κ2) is 7.13. The number of rotatable bonds is 5. The molecule has 0 spiro atoms. The van der Waals surface area contributed by atoms with Gasteiger partial charge in [0.2, 0.25) is 0 Å². The number of benzene rings is 1. The van der Waals surface area contributed by atoms with E-state index in [4.69, 9.17) is 11.6 Å². The highest BCUT2D eigenvalue weighted by Crippen LogP contribution is 2.34. The van der Waals surface area contributed by atoms with Gasteiger partial charge in [-0.25, -0.2) is 0 Å². The van der Waals surface area contributed by atoms with Gasteiger partial charge in [0, 0.05) is 13.1 Å². The molecular formula is C15H23ClN2O. The van der Waals surface area contributed by atoms with E-state index in [2.05, 4.69) is 23.2 Å². The highest BCUT2D eigenvalue weighted by Gasteiger charge is 2.25. The smallest absolute Gasteiger partial charge is 0.0643 e. The van der Waals surface area contributed by atoms with Gasteiger partial charge in [0.15, 0.2) is 0 Å². The van der Waals surface area contributed by atoms with Crippen molar-refractivity contribution in [2.45, 2.75) is 38.8 Å². The Morgan fingerprint density at radius 1 is 1.42 bits per heavy atom. The molecular weight excluding hydrogens is 260 g/mol. The Morgan fingerprint density at radius 2 is 2.26 bits per heavy atom. The molecule has 1 unspecified atom stereocenters. The molecule has 1 aromatic carbocycles. The summed E-state index contributed by atoms with van der Waals surface area (Å²) in [7, 11) is 0. The third-order valence-corrected chi connectivity index (χ3v) is 4.07. The van der Waals surface area contributed by atoms with Crippen LogP contribution in [0.2, 0.25) is 5.02 Å². The molecule has 1 heterocycles. The summed E-state index contributed by atoms with van der Waals surface area (Å²) in [6, 6.07) is 6.26. The fraction of sp³-hybridized carbons (Fsp3) is 0.600. The van der Waals surface area contributed by atoms with E-state index in [-0.39, 0.29) is 12.6 Å². The van der Waals surface area contributed by atoms with Gasteiger partial charge < -0.3 is 15.3 Å². The summed E-state index contributed by atoms with van der Waals surface area (Å²) in [6.45, 7) is 5.04. The summed E-state index contributed by atoms with van der Waals surface area (Å²) in [4.78, 5) is 2.29. The molecule has 0 saturated carbocycles. The van der Waals surface area contributed by atoms with Crippen molar-refractivity contribution in [3.8, 4) is 0 Å². The van der Waals surface area contributed by atoms with E-state index < -0.39 is 0 Å². The molecule has 0 aliphatic carbocycles. The van der Waals surface area contributed by atoms with Crippen molar-refractivity contribution in [3.63, 3.8) is 0 Å². The lowest BCUT2D eigenvalue weighted by Crippen LogP contribution is -2.42. The van der Waals surface area contributed by atoms with E-state index >= 15 is 0 Å². The van der Waals surface area contributed by atoms with Crippen molar-refractivity contribution < 1.29 is 5.11 Å². The predicted octanol–water partition coefficient (Wildman–Crippen LogP) is 2.80. The van der Waals surface area contributed by atoms with Crippen LogP contribution in [0.3, 0.4) is 0 Å². The monoisotopic (exact) mass is 282 g/mol. The first-order valence-electron chi connectivity index (χ1n) is 7.13. The van der Waals surface area contributed by atoms with E-state index in [0.29, 0.717) is 0 Å².